The number of amides is 3. The lowest BCUT2D eigenvalue weighted by molar-refractivity contribution is -0.116. The molecule has 1 aliphatic rings. The zero-order chi connectivity index (χ0) is 22.0. The molecule has 0 spiro atoms. The Balaban J connectivity index is 1.35. The lowest BCUT2D eigenvalue weighted by atomic mass is 10.1. The molecule has 2 aromatic carbocycles. The Labute approximate surface area is 176 Å². The van der Waals surface area contributed by atoms with Gasteiger partial charge in [0.2, 0.25) is 11.8 Å². The molecule has 0 fully saturated rings. The van der Waals surface area contributed by atoms with Crippen molar-refractivity contribution in [2.45, 2.75) is 11.3 Å². The quantitative estimate of drug-likeness (QED) is 0.543. The minimum Gasteiger partial charge on any atom is -0.408 e. The van der Waals surface area contributed by atoms with Gasteiger partial charge in [-0.3, -0.25) is 24.6 Å². The van der Waals surface area contributed by atoms with Crippen LogP contribution < -0.4 is 5.32 Å². The van der Waals surface area contributed by atoms with Gasteiger partial charge < -0.3 is 4.42 Å². The summed E-state index contributed by atoms with van der Waals surface area (Å²) in [6, 6.07) is 14.0. The van der Waals surface area contributed by atoms with Crippen molar-refractivity contribution in [1.82, 2.24) is 15.1 Å². The number of fused-ring (bicyclic) bond motifs is 1. The van der Waals surface area contributed by atoms with Gasteiger partial charge in [-0.15, -0.1) is 5.10 Å². The van der Waals surface area contributed by atoms with Gasteiger partial charge in [0.25, 0.3) is 11.8 Å². The average molecular weight is 440 g/mol. The van der Waals surface area contributed by atoms with Gasteiger partial charge in [0.15, 0.2) is 9.84 Å². The summed E-state index contributed by atoms with van der Waals surface area (Å²) in [5.41, 5.74) is 0.472. The van der Waals surface area contributed by atoms with Crippen LogP contribution in [0.25, 0.3) is 0 Å². The van der Waals surface area contributed by atoms with Crippen molar-refractivity contribution in [3.8, 4) is 0 Å². The van der Waals surface area contributed by atoms with E-state index in [4.69, 9.17) is 4.42 Å². The molecule has 1 aliphatic heterocycles. The van der Waals surface area contributed by atoms with E-state index in [9.17, 15) is 22.8 Å². The monoisotopic (exact) mass is 440 g/mol. The fourth-order valence-electron chi connectivity index (χ4n) is 3.06. The van der Waals surface area contributed by atoms with E-state index in [-0.39, 0.29) is 40.1 Å². The Hall–Kier alpha value is -3.86. The van der Waals surface area contributed by atoms with Crippen molar-refractivity contribution < 1.29 is 27.2 Å². The van der Waals surface area contributed by atoms with Gasteiger partial charge in [0, 0.05) is 6.42 Å². The summed E-state index contributed by atoms with van der Waals surface area (Å²) < 4.78 is 29.9. The summed E-state index contributed by atoms with van der Waals surface area (Å²) in [5.74, 6) is -2.06. The normalized spacial score (nSPS) is 13.4. The molecule has 31 heavy (non-hydrogen) atoms. The highest BCUT2D eigenvalue weighted by Crippen LogP contribution is 2.22. The Morgan fingerprint density at radius 1 is 0.935 bits per heavy atom. The molecule has 0 saturated carbocycles. The second-order valence-corrected chi connectivity index (χ2v) is 8.78. The molecule has 11 heteroatoms. The first-order chi connectivity index (χ1) is 14.8. The lowest BCUT2D eigenvalue weighted by Gasteiger charge is -2.12. The number of aromatic nitrogens is 2. The van der Waals surface area contributed by atoms with Crippen LogP contribution in [0.15, 0.2) is 63.9 Å². The number of aryl methyl sites for hydroxylation is 1. The van der Waals surface area contributed by atoms with Crippen LogP contribution in [-0.2, 0) is 21.1 Å². The van der Waals surface area contributed by atoms with Gasteiger partial charge in [-0.25, -0.2) is 8.42 Å². The van der Waals surface area contributed by atoms with E-state index in [1.807, 2.05) is 0 Å². The van der Waals surface area contributed by atoms with Crippen LogP contribution in [0.5, 0.6) is 0 Å². The van der Waals surface area contributed by atoms with Gasteiger partial charge in [-0.05, 0) is 24.3 Å². The van der Waals surface area contributed by atoms with Gasteiger partial charge in [-0.1, -0.05) is 35.4 Å². The Morgan fingerprint density at radius 2 is 1.55 bits per heavy atom. The second-order valence-electron chi connectivity index (χ2n) is 6.67. The number of imide groups is 1. The van der Waals surface area contributed by atoms with Crippen molar-refractivity contribution in [3.05, 3.63) is 71.6 Å². The molecule has 1 N–H and O–H groups in total. The maximum Gasteiger partial charge on any atom is 0.322 e. The maximum absolute atomic E-state index is 12.3. The minimum atomic E-state index is -3.52. The van der Waals surface area contributed by atoms with E-state index in [1.54, 1.807) is 30.3 Å². The Morgan fingerprint density at radius 3 is 2.19 bits per heavy atom. The number of benzene rings is 2. The molecule has 10 nitrogen and oxygen atoms in total. The Kier molecular flexibility index (Phi) is 5.34. The van der Waals surface area contributed by atoms with Crippen molar-refractivity contribution in [2.75, 3.05) is 17.6 Å². The second kappa shape index (κ2) is 8.11. The molecule has 0 radical (unpaired) electrons. The third-order valence-corrected chi connectivity index (χ3v) is 6.31. The minimum absolute atomic E-state index is 0.0236. The predicted molar refractivity (Wildman–Crippen MR) is 107 cm³/mol. The molecular weight excluding hydrogens is 424 g/mol. The molecule has 0 unspecified atom stereocenters. The number of hydrogen-bond acceptors (Lipinski definition) is 8. The molecule has 1 aromatic heterocycles. The summed E-state index contributed by atoms with van der Waals surface area (Å²) in [6.45, 7) is -0.521. The number of carbonyl (C=O) groups excluding carboxylic acids is 3. The van der Waals surface area contributed by atoms with E-state index < -0.39 is 34.1 Å². The zero-order valence-corrected chi connectivity index (χ0v) is 16.8. The van der Waals surface area contributed by atoms with Crippen molar-refractivity contribution in [1.29, 1.82) is 0 Å². The first kappa shape index (κ1) is 20.4. The summed E-state index contributed by atoms with van der Waals surface area (Å²) in [4.78, 5) is 37.9. The summed E-state index contributed by atoms with van der Waals surface area (Å²) >= 11 is 0. The van der Waals surface area contributed by atoms with Crippen LogP contribution in [0.2, 0.25) is 0 Å². The number of sulfone groups is 1. The topological polar surface area (TPSA) is 140 Å². The van der Waals surface area contributed by atoms with E-state index in [0.29, 0.717) is 0 Å². The predicted octanol–water partition coefficient (Wildman–Crippen LogP) is 1.32. The van der Waals surface area contributed by atoms with Crippen molar-refractivity contribution >= 4 is 33.6 Å². The smallest absolute Gasteiger partial charge is 0.322 e. The standard InChI is InChI=1S/C20H16N4O6S/c25-16(12-24-18(26)14-8-4-5-9-15(14)19(24)27)21-20-23-22-17(30-20)10-11-31(28,29)13-6-2-1-3-7-13/h1-9H,10-12H2,(H,21,23,25). The zero-order valence-electron chi connectivity index (χ0n) is 16.0. The average Bonchev–Trinajstić information content (AvgIpc) is 3.31. The molecule has 0 saturated heterocycles. The molecule has 3 aromatic rings. The van der Waals surface area contributed by atoms with Gasteiger partial charge in [-0.2, -0.15) is 0 Å². The summed E-state index contributed by atoms with van der Waals surface area (Å²) in [6.07, 6.45) is -0.0432. The molecule has 3 amide bonds. The number of rotatable bonds is 7. The van der Waals surface area contributed by atoms with Crippen LogP contribution in [0.4, 0.5) is 6.01 Å². The first-order valence-electron chi connectivity index (χ1n) is 9.20. The number of hydrogen-bond donors (Lipinski definition) is 1. The van der Waals surface area contributed by atoms with Gasteiger partial charge >= 0.3 is 6.01 Å². The molecule has 0 bridgehead atoms. The van der Waals surface area contributed by atoms with E-state index in [1.165, 1.54) is 24.3 Å². The third kappa shape index (κ3) is 4.21. The number of carbonyl (C=O) groups is 3. The third-order valence-electron chi connectivity index (χ3n) is 4.58. The van der Waals surface area contributed by atoms with E-state index >= 15 is 0 Å². The number of anilines is 1. The van der Waals surface area contributed by atoms with E-state index in [0.717, 1.165) is 4.90 Å². The summed E-state index contributed by atoms with van der Waals surface area (Å²) in [7, 11) is -3.52. The molecule has 158 valence electrons. The maximum atomic E-state index is 12.3. The number of nitrogens with one attached hydrogen (secondary N) is 1. The van der Waals surface area contributed by atoms with Gasteiger partial charge in [0.1, 0.15) is 6.54 Å². The first-order valence-corrected chi connectivity index (χ1v) is 10.9. The highest BCUT2D eigenvalue weighted by Gasteiger charge is 2.36. The molecule has 2 heterocycles. The fourth-order valence-corrected chi connectivity index (χ4v) is 4.31. The van der Waals surface area contributed by atoms with Crippen LogP contribution in [0.3, 0.4) is 0 Å². The molecular formula is C20H16N4O6S. The number of nitrogens with zero attached hydrogens (tertiary/aromatic N) is 3. The molecule has 0 atom stereocenters. The van der Waals surface area contributed by atoms with Crippen molar-refractivity contribution in [3.63, 3.8) is 0 Å². The Bertz CT molecular complexity index is 1230. The SMILES string of the molecule is O=C(CN1C(=O)c2ccccc2C1=O)Nc1nnc(CCS(=O)(=O)c2ccccc2)o1. The van der Waals surface area contributed by atoms with Gasteiger partial charge in [0.05, 0.1) is 21.8 Å². The largest absolute Gasteiger partial charge is 0.408 e. The molecule has 4 rings (SSSR count). The van der Waals surface area contributed by atoms with Crippen LogP contribution in [0.1, 0.15) is 26.6 Å². The van der Waals surface area contributed by atoms with Crippen molar-refractivity contribution in [2.24, 2.45) is 0 Å². The van der Waals surface area contributed by atoms with Crippen LogP contribution >= 0.6 is 0 Å². The highest BCUT2D eigenvalue weighted by atomic mass is 32.2. The summed E-state index contributed by atoms with van der Waals surface area (Å²) in [5, 5.41) is 9.68. The molecule has 0 aliphatic carbocycles. The highest BCUT2D eigenvalue weighted by molar-refractivity contribution is 7.91. The van der Waals surface area contributed by atoms with Crippen LogP contribution in [0, 0.1) is 0 Å². The lowest BCUT2D eigenvalue weighted by Crippen LogP contribution is -2.37. The van der Waals surface area contributed by atoms with Crippen LogP contribution in [-0.4, -0.2) is 53.5 Å². The fraction of sp³-hybridized carbons (Fsp3) is 0.150. The van der Waals surface area contributed by atoms with E-state index in [2.05, 4.69) is 15.5 Å².